The zero-order chi connectivity index (χ0) is 11.4. The average Bonchev–Trinajstić information content (AvgIpc) is 2.15. The highest BCUT2D eigenvalue weighted by molar-refractivity contribution is 8.00. The second-order valence-electron chi connectivity index (χ2n) is 2.86. The maximum absolute atomic E-state index is 13.3. The molecule has 0 saturated heterocycles. The first kappa shape index (κ1) is 11.7. The Bertz CT molecular complexity index is 404. The second kappa shape index (κ2) is 4.93. The third kappa shape index (κ3) is 3.36. The molecule has 5 heteroatoms. The van der Waals surface area contributed by atoms with E-state index in [0.29, 0.717) is 0 Å². The number of carboxylic acids is 1. The minimum atomic E-state index is -1.25. The van der Waals surface area contributed by atoms with Gasteiger partial charge in [-0.3, -0.25) is 4.79 Å². The minimum Gasteiger partial charge on any atom is -0.549 e. The van der Waals surface area contributed by atoms with Gasteiger partial charge in [0.2, 0.25) is 0 Å². The third-order valence-corrected chi connectivity index (χ3v) is 2.71. The summed E-state index contributed by atoms with van der Waals surface area (Å²) in [5.41, 5.74) is 0.269. The molecule has 0 aliphatic heterocycles. The van der Waals surface area contributed by atoms with Crippen LogP contribution in [0.15, 0.2) is 23.1 Å². The zero-order valence-electron chi connectivity index (χ0n) is 7.95. The fourth-order valence-electron chi connectivity index (χ4n) is 0.974. The van der Waals surface area contributed by atoms with Crippen molar-refractivity contribution in [1.82, 2.24) is 0 Å². The average molecular weight is 227 g/mol. The van der Waals surface area contributed by atoms with E-state index in [0.717, 1.165) is 17.8 Å². The first-order chi connectivity index (χ1) is 7.00. The lowest BCUT2D eigenvalue weighted by Crippen LogP contribution is -2.24. The molecule has 0 aliphatic rings. The number of halogens is 1. The molecule has 1 aromatic rings. The predicted octanol–water partition coefficient (Wildman–Crippen LogP) is 0.870. The molecule has 0 radical (unpaired) electrons. The van der Waals surface area contributed by atoms with Crippen LogP contribution in [-0.4, -0.2) is 17.5 Å². The Kier molecular flexibility index (Phi) is 3.85. The Balaban J connectivity index is 2.83. The van der Waals surface area contributed by atoms with Crippen LogP contribution in [0.4, 0.5) is 4.39 Å². The number of benzene rings is 1. The van der Waals surface area contributed by atoms with Gasteiger partial charge in [0.15, 0.2) is 5.78 Å². The number of Topliss-reactive ketones (excluding diaryl/α,β-unsaturated/α-hetero) is 1. The van der Waals surface area contributed by atoms with Crippen molar-refractivity contribution in [3.8, 4) is 0 Å². The van der Waals surface area contributed by atoms with Crippen LogP contribution in [-0.2, 0) is 4.79 Å². The van der Waals surface area contributed by atoms with E-state index in [-0.39, 0.29) is 22.0 Å². The molecule has 0 fully saturated rings. The molecule has 0 N–H and O–H groups in total. The summed E-state index contributed by atoms with van der Waals surface area (Å²) in [5, 5.41) is 10.2. The highest BCUT2D eigenvalue weighted by Gasteiger charge is 2.06. The normalized spacial score (nSPS) is 10.0. The van der Waals surface area contributed by atoms with E-state index < -0.39 is 11.8 Å². The Labute approximate surface area is 90.3 Å². The van der Waals surface area contributed by atoms with E-state index >= 15 is 0 Å². The number of thioether (sulfide) groups is 1. The molecule has 1 rings (SSSR count). The molecular formula is C10H8FO3S-. The van der Waals surface area contributed by atoms with Crippen molar-refractivity contribution in [2.75, 3.05) is 5.75 Å². The fraction of sp³-hybridized carbons (Fsp3) is 0.200. The summed E-state index contributed by atoms with van der Waals surface area (Å²) in [6.45, 7) is 1.34. The van der Waals surface area contributed by atoms with Gasteiger partial charge in [-0.25, -0.2) is 4.39 Å². The van der Waals surface area contributed by atoms with Gasteiger partial charge in [-0.2, -0.15) is 0 Å². The molecule has 0 saturated carbocycles. The summed E-state index contributed by atoms with van der Waals surface area (Å²) < 4.78 is 13.3. The Morgan fingerprint density at radius 3 is 2.60 bits per heavy atom. The van der Waals surface area contributed by atoms with Crippen LogP contribution in [0.2, 0.25) is 0 Å². The minimum absolute atomic E-state index is 0.198. The monoisotopic (exact) mass is 227 g/mol. The van der Waals surface area contributed by atoms with E-state index in [1.165, 1.54) is 19.1 Å². The summed E-state index contributed by atoms with van der Waals surface area (Å²) in [5.74, 6) is -2.38. The third-order valence-electron chi connectivity index (χ3n) is 1.68. The standard InChI is InChI=1S/C10H9FO3S/c1-6(12)7-2-3-9(8(11)4-7)15-5-10(13)14/h2-4H,5H2,1H3,(H,13,14)/p-1. The van der Waals surface area contributed by atoms with Crippen LogP contribution < -0.4 is 5.11 Å². The fourth-order valence-corrected chi connectivity index (χ4v) is 1.61. The lowest BCUT2D eigenvalue weighted by molar-refractivity contribution is -0.301. The van der Waals surface area contributed by atoms with Crippen molar-refractivity contribution in [3.05, 3.63) is 29.6 Å². The van der Waals surface area contributed by atoms with Crippen LogP contribution in [0.5, 0.6) is 0 Å². The van der Waals surface area contributed by atoms with E-state index in [1.807, 2.05) is 0 Å². The van der Waals surface area contributed by atoms with Crippen molar-refractivity contribution < 1.29 is 19.1 Å². The number of carbonyl (C=O) groups is 2. The number of hydrogen-bond acceptors (Lipinski definition) is 4. The molecule has 1 aromatic carbocycles. The van der Waals surface area contributed by atoms with Gasteiger partial charge in [-0.15, -0.1) is 11.8 Å². The van der Waals surface area contributed by atoms with Crippen LogP contribution in [0.1, 0.15) is 17.3 Å². The lowest BCUT2D eigenvalue weighted by atomic mass is 10.1. The predicted molar refractivity (Wildman–Crippen MR) is 52.1 cm³/mol. The summed E-state index contributed by atoms with van der Waals surface area (Å²) in [6, 6.07) is 3.95. The molecule has 80 valence electrons. The van der Waals surface area contributed by atoms with Crippen LogP contribution in [0.3, 0.4) is 0 Å². The van der Waals surface area contributed by atoms with Crippen LogP contribution in [0, 0.1) is 5.82 Å². The van der Waals surface area contributed by atoms with Crippen LogP contribution in [0.25, 0.3) is 0 Å². The largest absolute Gasteiger partial charge is 0.549 e. The van der Waals surface area contributed by atoms with Crippen LogP contribution >= 0.6 is 11.8 Å². The van der Waals surface area contributed by atoms with E-state index in [2.05, 4.69) is 0 Å². The molecule has 0 amide bonds. The van der Waals surface area contributed by atoms with E-state index in [1.54, 1.807) is 0 Å². The highest BCUT2D eigenvalue weighted by atomic mass is 32.2. The smallest absolute Gasteiger partial charge is 0.159 e. The highest BCUT2D eigenvalue weighted by Crippen LogP contribution is 2.22. The molecule has 0 aromatic heterocycles. The van der Waals surface area contributed by atoms with Gasteiger partial charge in [0.1, 0.15) is 5.82 Å². The second-order valence-corrected chi connectivity index (χ2v) is 3.88. The van der Waals surface area contributed by atoms with Crippen molar-refractivity contribution in [2.24, 2.45) is 0 Å². The summed E-state index contributed by atoms with van der Waals surface area (Å²) in [4.78, 5) is 21.2. The number of rotatable bonds is 4. The zero-order valence-corrected chi connectivity index (χ0v) is 8.77. The molecule has 3 nitrogen and oxygen atoms in total. The van der Waals surface area contributed by atoms with E-state index in [9.17, 15) is 19.1 Å². The van der Waals surface area contributed by atoms with Crippen molar-refractivity contribution in [3.63, 3.8) is 0 Å². The van der Waals surface area contributed by atoms with Gasteiger partial charge in [0.05, 0.1) is 5.97 Å². The Morgan fingerprint density at radius 2 is 2.13 bits per heavy atom. The number of carboxylic acid groups (broad SMARTS) is 1. The first-order valence-electron chi connectivity index (χ1n) is 4.14. The van der Waals surface area contributed by atoms with Crippen molar-refractivity contribution in [2.45, 2.75) is 11.8 Å². The van der Waals surface area contributed by atoms with E-state index in [4.69, 9.17) is 0 Å². The Hall–Kier alpha value is -1.36. The first-order valence-corrected chi connectivity index (χ1v) is 5.12. The number of aliphatic carboxylic acids is 1. The number of hydrogen-bond donors (Lipinski definition) is 0. The van der Waals surface area contributed by atoms with Gasteiger partial charge in [-0.05, 0) is 19.1 Å². The van der Waals surface area contributed by atoms with Crippen molar-refractivity contribution in [1.29, 1.82) is 0 Å². The molecule has 0 heterocycles. The van der Waals surface area contributed by atoms with Gasteiger partial charge < -0.3 is 9.90 Å². The molecule has 0 atom stereocenters. The molecule has 0 spiro atoms. The van der Waals surface area contributed by atoms with Gasteiger partial charge in [0, 0.05) is 16.2 Å². The Morgan fingerprint density at radius 1 is 1.47 bits per heavy atom. The van der Waals surface area contributed by atoms with Crippen molar-refractivity contribution >= 4 is 23.5 Å². The number of carbonyl (C=O) groups excluding carboxylic acids is 2. The molecule has 15 heavy (non-hydrogen) atoms. The number of ketones is 1. The summed E-state index contributed by atoms with van der Waals surface area (Å²) in [6.07, 6.45) is 0. The molecule has 0 aliphatic carbocycles. The maximum Gasteiger partial charge on any atom is 0.159 e. The van der Waals surface area contributed by atoms with Gasteiger partial charge >= 0.3 is 0 Å². The molecule has 0 unspecified atom stereocenters. The lowest BCUT2D eigenvalue weighted by Gasteiger charge is -2.04. The quantitative estimate of drug-likeness (QED) is 0.565. The molecule has 0 bridgehead atoms. The van der Waals surface area contributed by atoms with Gasteiger partial charge in [0.25, 0.3) is 0 Å². The topological polar surface area (TPSA) is 57.2 Å². The van der Waals surface area contributed by atoms with Gasteiger partial charge in [-0.1, -0.05) is 6.07 Å². The maximum atomic E-state index is 13.3. The summed E-state index contributed by atoms with van der Waals surface area (Å²) in [7, 11) is 0. The SMILES string of the molecule is CC(=O)c1ccc(SCC(=O)[O-])c(F)c1. The molecular weight excluding hydrogens is 219 g/mol. The summed E-state index contributed by atoms with van der Waals surface area (Å²) >= 11 is 0.827.